The number of methoxy groups -OCH3 is 1. The Bertz CT molecular complexity index is 859. The summed E-state index contributed by atoms with van der Waals surface area (Å²) >= 11 is 0. The number of benzene rings is 3. The Hall–Kier alpha value is -2.85. The molecule has 3 aromatic rings. The summed E-state index contributed by atoms with van der Waals surface area (Å²) in [5.74, 6) is 0.812. The molecule has 3 aromatic carbocycles. The fourth-order valence-corrected chi connectivity index (χ4v) is 2.81. The van der Waals surface area contributed by atoms with Gasteiger partial charge in [0.2, 0.25) is 5.91 Å². The van der Waals surface area contributed by atoms with Crippen LogP contribution in [-0.4, -0.2) is 31.5 Å². The summed E-state index contributed by atoms with van der Waals surface area (Å²) in [6.45, 7) is 1.04. The molecule has 3 rings (SSSR count). The fourth-order valence-electron chi connectivity index (χ4n) is 2.81. The highest BCUT2D eigenvalue weighted by atomic mass is 16.5. The quantitative estimate of drug-likeness (QED) is 0.743. The van der Waals surface area contributed by atoms with E-state index < -0.39 is 0 Å². The van der Waals surface area contributed by atoms with Crippen LogP contribution in [0.4, 0.5) is 5.69 Å². The molecular formula is C21H22N2O2. The largest absolute Gasteiger partial charge is 0.497 e. The first-order chi connectivity index (χ1) is 12.1. The fraction of sp³-hybridized carbons (Fsp3) is 0.190. The van der Waals surface area contributed by atoms with Gasteiger partial charge in [-0.1, -0.05) is 42.5 Å². The van der Waals surface area contributed by atoms with Crippen LogP contribution in [0, 0.1) is 0 Å². The number of ether oxygens (including phenoxy) is 1. The number of rotatable bonds is 6. The highest BCUT2D eigenvalue weighted by Gasteiger charge is 2.08. The lowest BCUT2D eigenvalue weighted by atomic mass is 10.1. The van der Waals surface area contributed by atoms with E-state index in [1.54, 1.807) is 7.11 Å². The minimum atomic E-state index is -0.0220. The highest BCUT2D eigenvalue weighted by molar-refractivity contribution is 5.95. The summed E-state index contributed by atoms with van der Waals surface area (Å²) < 4.78 is 5.16. The summed E-state index contributed by atoms with van der Waals surface area (Å²) in [6, 6.07) is 21.9. The monoisotopic (exact) mass is 334 g/mol. The zero-order valence-electron chi connectivity index (χ0n) is 14.5. The Labute approximate surface area is 148 Å². The maximum absolute atomic E-state index is 12.3. The second kappa shape index (κ2) is 7.81. The Morgan fingerprint density at radius 2 is 1.72 bits per heavy atom. The summed E-state index contributed by atoms with van der Waals surface area (Å²) in [5, 5.41) is 5.25. The molecule has 25 heavy (non-hydrogen) atoms. The predicted molar refractivity (Wildman–Crippen MR) is 102 cm³/mol. The number of anilines is 1. The van der Waals surface area contributed by atoms with Gasteiger partial charge in [0.05, 0.1) is 13.7 Å². The molecule has 4 nitrogen and oxygen atoms in total. The molecule has 0 bridgehead atoms. The molecule has 0 atom stereocenters. The first-order valence-corrected chi connectivity index (χ1v) is 8.24. The van der Waals surface area contributed by atoms with Gasteiger partial charge in [-0.25, -0.2) is 0 Å². The van der Waals surface area contributed by atoms with E-state index in [-0.39, 0.29) is 5.91 Å². The van der Waals surface area contributed by atoms with E-state index in [0.29, 0.717) is 13.1 Å². The van der Waals surface area contributed by atoms with Crippen LogP contribution in [0.25, 0.3) is 10.8 Å². The minimum Gasteiger partial charge on any atom is -0.497 e. The topological polar surface area (TPSA) is 41.6 Å². The van der Waals surface area contributed by atoms with E-state index in [1.165, 1.54) is 0 Å². The smallest absolute Gasteiger partial charge is 0.238 e. The lowest BCUT2D eigenvalue weighted by Gasteiger charge is -2.16. The lowest BCUT2D eigenvalue weighted by Crippen LogP contribution is -2.29. The third kappa shape index (κ3) is 4.58. The number of likely N-dealkylation sites (N-methyl/N-ethyl adjacent to an activating group) is 1. The van der Waals surface area contributed by atoms with Crippen molar-refractivity contribution in [2.75, 3.05) is 26.0 Å². The van der Waals surface area contributed by atoms with Crippen molar-refractivity contribution in [2.24, 2.45) is 0 Å². The van der Waals surface area contributed by atoms with Gasteiger partial charge in [0.1, 0.15) is 5.75 Å². The predicted octanol–water partition coefficient (Wildman–Crippen LogP) is 3.92. The number of nitrogens with one attached hydrogen (secondary N) is 1. The van der Waals surface area contributed by atoms with Crippen molar-refractivity contribution in [3.8, 4) is 5.75 Å². The van der Waals surface area contributed by atoms with Crippen molar-refractivity contribution >= 4 is 22.4 Å². The van der Waals surface area contributed by atoms with Crippen LogP contribution >= 0.6 is 0 Å². The van der Waals surface area contributed by atoms with Crippen molar-refractivity contribution in [3.63, 3.8) is 0 Å². The third-order valence-corrected chi connectivity index (χ3v) is 4.06. The molecule has 0 saturated carbocycles. The second-order valence-corrected chi connectivity index (χ2v) is 6.13. The van der Waals surface area contributed by atoms with E-state index in [4.69, 9.17) is 4.74 Å². The zero-order chi connectivity index (χ0) is 17.6. The molecule has 0 aliphatic carbocycles. The Morgan fingerprint density at radius 1 is 1.00 bits per heavy atom. The lowest BCUT2D eigenvalue weighted by molar-refractivity contribution is -0.117. The average Bonchev–Trinajstić information content (AvgIpc) is 2.62. The molecule has 0 unspecified atom stereocenters. The van der Waals surface area contributed by atoms with Crippen molar-refractivity contribution in [2.45, 2.75) is 6.54 Å². The van der Waals surface area contributed by atoms with Gasteiger partial charge in [-0.05, 0) is 47.6 Å². The van der Waals surface area contributed by atoms with Crippen molar-refractivity contribution in [3.05, 3.63) is 72.3 Å². The maximum atomic E-state index is 12.3. The number of fused-ring (bicyclic) bond motifs is 1. The molecule has 0 spiro atoms. The molecule has 0 aliphatic rings. The van der Waals surface area contributed by atoms with Crippen LogP contribution < -0.4 is 10.1 Å². The van der Waals surface area contributed by atoms with E-state index in [9.17, 15) is 4.79 Å². The van der Waals surface area contributed by atoms with Gasteiger partial charge in [0.15, 0.2) is 0 Å². The van der Waals surface area contributed by atoms with E-state index in [2.05, 4.69) is 11.4 Å². The maximum Gasteiger partial charge on any atom is 0.238 e. The zero-order valence-corrected chi connectivity index (χ0v) is 14.5. The van der Waals surface area contributed by atoms with Crippen LogP contribution in [0.15, 0.2) is 66.7 Å². The van der Waals surface area contributed by atoms with Gasteiger partial charge in [0.25, 0.3) is 0 Å². The third-order valence-electron chi connectivity index (χ3n) is 4.06. The van der Waals surface area contributed by atoms with Crippen molar-refractivity contribution in [1.29, 1.82) is 0 Å². The molecule has 0 aromatic heterocycles. The minimum absolute atomic E-state index is 0.0220. The Kier molecular flexibility index (Phi) is 5.31. The molecule has 0 heterocycles. The van der Waals surface area contributed by atoms with Gasteiger partial charge < -0.3 is 10.1 Å². The molecule has 0 radical (unpaired) electrons. The number of amides is 1. The van der Waals surface area contributed by atoms with Gasteiger partial charge >= 0.3 is 0 Å². The first-order valence-electron chi connectivity index (χ1n) is 8.24. The molecule has 4 heteroatoms. The van der Waals surface area contributed by atoms with Gasteiger partial charge in [-0.15, -0.1) is 0 Å². The first kappa shape index (κ1) is 17.0. The number of nitrogens with zero attached hydrogens (tertiary/aromatic N) is 1. The molecule has 1 amide bonds. The summed E-state index contributed by atoms with van der Waals surface area (Å²) in [6.07, 6.45) is 0. The molecule has 1 N–H and O–H groups in total. The van der Waals surface area contributed by atoms with Crippen LogP contribution in [-0.2, 0) is 11.3 Å². The number of carbonyl (C=O) groups excluding carboxylic acids is 1. The van der Waals surface area contributed by atoms with Crippen molar-refractivity contribution in [1.82, 2.24) is 4.90 Å². The number of hydrogen-bond donors (Lipinski definition) is 1. The SMILES string of the molecule is COc1ccc(CN(C)CC(=O)Nc2ccc3ccccc3c2)cc1. The second-order valence-electron chi connectivity index (χ2n) is 6.13. The van der Waals surface area contributed by atoms with Gasteiger partial charge in [-0.3, -0.25) is 9.69 Å². The standard InChI is InChI=1S/C21H22N2O2/c1-23(14-16-7-11-20(25-2)12-8-16)15-21(24)22-19-10-9-17-5-3-4-6-18(17)13-19/h3-13H,14-15H2,1-2H3,(H,22,24). The van der Waals surface area contributed by atoms with Crippen LogP contribution in [0.3, 0.4) is 0 Å². The molecule has 0 fully saturated rings. The average molecular weight is 334 g/mol. The van der Waals surface area contributed by atoms with E-state index in [0.717, 1.165) is 27.8 Å². The molecular weight excluding hydrogens is 312 g/mol. The Balaban J connectivity index is 1.56. The molecule has 0 saturated heterocycles. The van der Waals surface area contributed by atoms with Crippen LogP contribution in [0.2, 0.25) is 0 Å². The van der Waals surface area contributed by atoms with Crippen LogP contribution in [0.1, 0.15) is 5.56 Å². The van der Waals surface area contributed by atoms with E-state index >= 15 is 0 Å². The summed E-state index contributed by atoms with van der Waals surface area (Å²) in [4.78, 5) is 14.3. The van der Waals surface area contributed by atoms with Crippen molar-refractivity contribution < 1.29 is 9.53 Å². The normalized spacial score (nSPS) is 10.8. The summed E-state index contributed by atoms with van der Waals surface area (Å²) in [5.41, 5.74) is 1.96. The van der Waals surface area contributed by atoms with Gasteiger partial charge in [0, 0.05) is 12.2 Å². The van der Waals surface area contributed by atoms with E-state index in [1.807, 2.05) is 72.6 Å². The number of hydrogen-bond acceptors (Lipinski definition) is 3. The van der Waals surface area contributed by atoms with Gasteiger partial charge in [-0.2, -0.15) is 0 Å². The number of carbonyl (C=O) groups is 1. The highest BCUT2D eigenvalue weighted by Crippen LogP contribution is 2.19. The Morgan fingerprint density at radius 3 is 2.44 bits per heavy atom. The summed E-state index contributed by atoms with van der Waals surface area (Å²) in [7, 11) is 3.59. The molecule has 0 aliphatic heterocycles. The van der Waals surface area contributed by atoms with Crippen LogP contribution in [0.5, 0.6) is 5.75 Å². The molecule has 128 valence electrons.